The van der Waals surface area contributed by atoms with Crippen molar-refractivity contribution in [1.82, 2.24) is 0 Å². The van der Waals surface area contributed by atoms with Crippen molar-refractivity contribution in [2.24, 2.45) is 0 Å². The van der Waals surface area contributed by atoms with E-state index < -0.39 is 10.0 Å². The summed E-state index contributed by atoms with van der Waals surface area (Å²) in [5.41, 5.74) is 0.375. The third kappa shape index (κ3) is 4.17. The van der Waals surface area contributed by atoms with Crippen molar-refractivity contribution in [3.8, 4) is 0 Å². The summed E-state index contributed by atoms with van der Waals surface area (Å²) in [7, 11) is -3.80. The molecule has 2 rings (SSSR count). The Labute approximate surface area is 158 Å². The van der Waals surface area contributed by atoms with Gasteiger partial charge in [-0.1, -0.05) is 48.1 Å². The van der Waals surface area contributed by atoms with Crippen molar-refractivity contribution in [2.45, 2.75) is 37.6 Å². The van der Waals surface area contributed by atoms with Gasteiger partial charge in [-0.15, -0.1) is 0 Å². The van der Waals surface area contributed by atoms with Crippen molar-refractivity contribution in [2.75, 3.05) is 4.31 Å². The van der Waals surface area contributed by atoms with E-state index in [2.05, 4.69) is 0 Å². The Morgan fingerprint density at radius 1 is 1.00 bits per heavy atom. The Balaban J connectivity index is 2.61. The second-order valence-electron chi connectivity index (χ2n) is 5.49. The molecule has 7 heteroatoms. The predicted molar refractivity (Wildman–Crippen MR) is 102 cm³/mol. The smallest absolute Gasteiger partial charge is 0.262 e. The third-order valence-electron chi connectivity index (χ3n) is 3.62. The zero-order valence-electron chi connectivity index (χ0n) is 13.3. The summed E-state index contributed by atoms with van der Waals surface area (Å²) in [4.78, 5) is 0.158. The first-order chi connectivity index (χ1) is 11.3. The molecular weight excluding hydrogens is 389 g/mol. The maximum atomic E-state index is 13.2. The molecule has 0 aromatic heterocycles. The Morgan fingerprint density at radius 3 is 2.17 bits per heavy atom. The molecule has 0 N–H and O–H groups in total. The molecule has 2 aromatic carbocycles. The summed E-state index contributed by atoms with van der Waals surface area (Å²) in [6.07, 6.45) is 1.53. The van der Waals surface area contributed by atoms with Gasteiger partial charge in [-0.2, -0.15) is 0 Å². The highest BCUT2D eigenvalue weighted by atomic mass is 35.5. The van der Waals surface area contributed by atoms with E-state index in [1.54, 1.807) is 30.3 Å². The molecule has 3 nitrogen and oxygen atoms in total. The molecule has 0 fully saturated rings. The van der Waals surface area contributed by atoms with Crippen LogP contribution in [0.3, 0.4) is 0 Å². The maximum Gasteiger partial charge on any atom is 0.264 e. The van der Waals surface area contributed by atoms with Crippen LogP contribution in [-0.4, -0.2) is 14.5 Å². The molecule has 1 unspecified atom stereocenters. The average Bonchev–Trinajstić information content (AvgIpc) is 2.51. The molecule has 0 aliphatic carbocycles. The molecule has 0 saturated carbocycles. The van der Waals surface area contributed by atoms with Gasteiger partial charge in [0.1, 0.15) is 0 Å². The molecule has 0 aliphatic rings. The largest absolute Gasteiger partial charge is 0.264 e. The first-order valence-electron chi connectivity index (χ1n) is 7.52. The summed E-state index contributed by atoms with van der Waals surface area (Å²) in [5, 5.41) is 1.23. The van der Waals surface area contributed by atoms with Crippen LogP contribution < -0.4 is 4.31 Å². The van der Waals surface area contributed by atoms with Crippen molar-refractivity contribution < 1.29 is 8.42 Å². The van der Waals surface area contributed by atoms with Crippen LogP contribution in [0.1, 0.15) is 26.7 Å². The SMILES string of the molecule is CCCC(C)N(c1cc(Cl)ccc1Cl)S(=O)(=O)c1ccc(Cl)cc1. The molecule has 0 spiro atoms. The van der Waals surface area contributed by atoms with Gasteiger partial charge in [0, 0.05) is 16.1 Å². The number of benzene rings is 2. The highest BCUT2D eigenvalue weighted by Crippen LogP contribution is 2.35. The molecule has 0 bridgehead atoms. The van der Waals surface area contributed by atoms with Gasteiger partial charge in [-0.05, 0) is 55.8 Å². The van der Waals surface area contributed by atoms with Crippen LogP contribution in [0.5, 0.6) is 0 Å². The monoisotopic (exact) mass is 405 g/mol. The lowest BCUT2D eigenvalue weighted by Crippen LogP contribution is -2.39. The van der Waals surface area contributed by atoms with Gasteiger partial charge in [0.15, 0.2) is 0 Å². The lowest BCUT2D eigenvalue weighted by molar-refractivity contribution is 0.569. The van der Waals surface area contributed by atoms with E-state index in [0.29, 0.717) is 27.2 Å². The van der Waals surface area contributed by atoms with E-state index in [9.17, 15) is 8.42 Å². The van der Waals surface area contributed by atoms with Crippen LogP contribution in [0.4, 0.5) is 5.69 Å². The summed E-state index contributed by atoms with van der Waals surface area (Å²) in [6.45, 7) is 3.86. The molecule has 0 amide bonds. The minimum atomic E-state index is -3.80. The summed E-state index contributed by atoms with van der Waals surface area (Å²) >= 11 is 18.2. The van der Waals surface area contributed by atoms with Crippen molar-refractivity contribution in [3.63, 3.8) is 0 Å². The van der Waals surface area contributed by atoms with Crippen molar-refractivity contribution in [3.05, 3.63) is 57.5 Å². The Hall–Kier alpha value is -0.940. The molecule has 0 heterocycles. The van der Waals surface area contributed by atoms with Gasteiger partial charge < -0.3 is 0 Å². The van der Waals surface area contributed by atoms with Crippen LogP contribution in [0.15, 0.2) is 47.4 Å². The number of anilines is 1. The first-order valence-corrected chi connectivity index (χ1v) is 10.1. The summed E-state index contributed by atoms with van der Waals surface area (Å²) in [6, 6.07) is 10.6. The van der Waals surface area contributed by atoms with E-state index in [0.717, 1.165) is 6.42 Å². The lowest BCUT2D eigenvalue weighted by Gasteiger charge is -2.31. The van der Waals surface area contributed by atoms with Crippen LogP contribution in [0, 0.1) is 0 Å². The highest BCUT2D eigenvalue weighted by molar-refractivity contribution is 7.92. The van der Waals surface area contributed by atoms with Crippen LogP contribution in [0.25, 0.3) is 0 Å². The van der Waals surface area contributed by atoms with Crippen molar-refractivity contribution >= 4 is 50.5 Å². The standard InChI is InChI=1S/C17H18Cl3NO2S/c1-3-4-12(2)21(17-11-14(19)7-10-16(17)20)24(22,23)15-8-5-13(18)6-9-15/h5-12H,3-4H2,1-2H3. The average molecular weight is 407 g/mol. The van der Waals surface area contributed by atoms with Gasteiger partial charge in [0.2, 0.25) is 0 Å². The summed E-state index contributed by atoms with van der Waals surface area (Å²) in [5.74, 6) is 0. The first kappa shape index (κ1) is 19.4. The molecule has 0 radical (unpaired) electrons. The number of nitrogens with zero attached hydrogens (tertiary/aromatic N) is 1. The number of sulfonamides is 1. The molecule has 130 valence electrons. The fourth-order valence-electron chi connectivity index (χ4n) is 2.51. The van der Waals surface area contributed by atoms with E-state index in [-0.39, 0.29) is 10.9 Å². The Bertz CT molecular complexity index is 807. The van der Waals surface area contributed by atoms with Gasteiger partial charge >= 0.3 is 0 Å². The fraction of sp³-hybridized carbons (Fsp3) is 0.294. The molecule has 0 saturated heterocycles. The molecule has 0 aliphatic heterocycles. The number of rotatable bonds is 6. The normalized spacial score (nSPS) is 12.9. The Morgan fingerprint density at radius 2 is 1.58 bits per heavy atom. The summed E-state index contributed by atoms with van der Waals surface area (Å²) < 4.78 is 27.8. The quantitative estimate of drug-likeness (QED) is 0.587. The zero-order chi connectivity index (χ0) is 17.9. The second-order valence-corrected chi connectivity index (χ2v) is 8.58. The number of hydrogen-bond donors (Lipinski definition) is 0. The van der Waals surface area contributed by atoms with Gasteiger partial charge in [-0.3, -0.25) is 4.31 Å². The maximum absolute atomic E-state index is 13.2. The van der Waals surface area contributed by atoms with E-state index in [1.807, 2.05) is 13.8 Å². The van der Waals surface area contributed by atoms with Crippen LogP contribution in [0.2, 0.25) is 15.1 Å². The molecule has 2 aromatic rings. The topological polar surface area (TPSA) is 37.4 Å². The predicted octanol–water partition coefficient (Wildman–Crippen LogP) is 6.03. The molecular formula is C17H18Cl3NO2S. The van der Waals surface area contributed by atoms with Gasteiger partial charge in [-0.25, -0.2) is 8.42 Å². The van der Waals surface area contributed by atoms with E-state index in [1.165, 1.54) is 16.4 Å². The molecule has 24 heavy (non-hydrogen) atoms. The highest BCUT2D eigenvalue weighted by Gasteiger charge is 2.30. The lowest BCUT2D eigenvalue weighted by atomic mass is 10.2. The fourth-order valence-corrected chi connectivity index (χ4v) is 4.76. The third-order valence-corrected chi connectivity index (χ3v) is 6.37. The zero-order valence-corrected chi connectivity index (χ0v) is 16.4. The van der Waals surface area contributed by atoms with Gasteiger partial charge in [0.25, 0.3) is 10.0 Å². The van der Waals surface area contributed by atoms with Crippen molar-refractivity contribution in [1.29, 1.82) is 0 Å². The minimum absolute atomic E-state index is 0.158. The Kier molecular flexibility index (Phi) is 6.43. The molecule has 1 atom stereocenters. The number of hydrogen-bond acceptors (Lipinski definition) is 2. The van der Waals surface area contributed by atoms with E-state index in [4.69, 9.17) is 34.8 Å². The number of halogens is 3. The van der Waals surface area contributed by atoms with Crippen LogP contribution in [-0.2, 0) is 10.0 Å². The minimum Gasteiger partial charge on any atom is -0.262 e. The van der Waals surface area contributed by atoms with Crippen LogP contribution >= 0.6 is 34.8 Å². The second kappa shape index (κ2) is 7.96. The van der Waals surface area contributed by atoms with Gasteiger partial charge in [0.05, 0.1) is 15.6 Å². The van der Waals surface area contributed by atoms with E-state index >= 15 is 0 Å².